The molecule has 7 heteroatoms. The summed E-state index contributed by atoms with van der Waals surface area (Å²) in [5, 5.41) is 7.55. The Labute approximate surface area is 188 Å². The van der Waals surface area contributed by atoms with Crippen molar-refractivity contribution in [1.29, 1.82) is 0 Å². The summed E-state index contributed by atoms with van der Waals surface area (Å²) < 4.78 is 5.60. The maximum absolute atomic E-state index is 6.20. The molecule has 0 radical (unpaired) electrons. The van der Waals surface area contributed by atoms with Crippen LogP contribution in [0.1, 0.15) is 17.7 Å². The number of guanidine groups is 1. The molecule has 0 saturated carbocycles. The van der Waals surface area contributed by atoms with Crippen LogP contribution in [0.25, 0.3) is 11.5 Å². The smallest absolute Gasteiger partial charge is 0.226 e. The van der Waals surface area contributed by atoms with E-state index in [1.165, 1.54) is 11.3 Å². The second kappa shape index (κ2) is 9.88. The Hall–Kier alpha value is -2.99. The van der Waals surface area contributed by atoms with E-state index in [1.54, 1.807) is 13.3 Å². The highest BCUT2D eigenvalue weighted by atomic mass is 35.5. The van der Waals surface area contributed by atoms with Gasteiger partial charge in [-0.25, -0.2) is 4.98 Å². The van der Waals surface area contributed by atoms with Crippen molar-refractivity contribution in [2.75, 3.05) is 31.6 Å². The third kappa shape index (κ3) is 5.39. The Morgan fingerprint density at radius 2 is 2.06 bits per heavy atom. The van der Waals surface area contributed by atoms with Crippen LogP contribution in [-0.2, 0) is 6.54 Å². The first-order valence-corrected chi connectivity index (χ1v) is 11.0. The van der Waals surface area contributed by atoms with Gasteiger partial charge in [0.15, 0.2) is 5.96 Å². The quantitative estimate of drug-likeness (QED) is 0.439. The number of aryl methyl sites for hydroxylation is 1. The maximum atomic E-state index is 6.20. The molecule has 1 atom stereocenters. The van der Waals surface area contributed by atoms with Gasteiger partial charge in [-0.2, -0.15) is 0 Å². The van der Waals surface area contributed by atoms with Crippen molar-refractivity contribution < 1.29 is 4.42 Å². The summed E-state index contributed by atoms with van der Waals surface area (Å²) in [7, 11) is 1.78. The zero-order valence-corrected chi connectivity index (χ0v) is 18.7. The molecule has 0 spiro atoms. The molecule has 1 unspecified atom stereocenters. The first-order chi connectivity index (χ1) is 15.1. The lowest BCUT2D eigenvalue weighted by Crippen LogP contribution is -2.40. The fraction of sp³-hybridized carbons (Fsp3) is 0.333. The number of anilines is 1. The van der Waals surface area contributed by atoms with Crippen molar-refractivity contribution in [2.24, 2.45) is 10.9 Å². The van der Waals surface area contributed by atoms with Gasteiger partial charge in [0, 0.05) is 43.0 Å². The molecule has 4 rings (SSSR count). The average Bonchev–Trinajstić information content (AvgIpc) is 3.46. The molecule has 1 aliphatic rings. The second-order valence-corrected chi connectivity index (χ2v) is 8.28. The van der Waals surface area contributed by atoms with Crippen LogP contribution < -0.4 is 15.5 Å². The maximum Gasteiger partial charge on any atom is 0.226 e. The molecule has 2 aromatic carbocycles. The molecule has 31 heavy (non-hydrogen) atoms. The number of nitrogens with zero attached hydrogens (tertiary/aromatic N) is 3. The first-order valence-electron chi connectivity index (χ1n) is 10.6. The molecule has 1 saturated heterocycles. The van der Waals surface area contributed by atoms with Crippen molar-refractivity contribution in [2.45, 2.75) is 19.9 Å². The Balaban J connectivity index is 1.26. The molecule has 2 heterocycles. The Morgan fingerprint density at radius 3 is 2.87 bits per heavy atom. The molecule has 162 valence electrons. The molecule has 6 nitrogen and oxygen atoms in total. The Kier molecular flexibility index (Phi) is 6.77. The topological polar surface area (TPSA) is 65.7 Å². The molecule has 3 aromatic rings. The largest absolute Gasteiger partial charge is 0.444 e. The summed E-state index contributed by atoms with van der Waals surface area (Å²) in [5.74, 6) is 1.94. The first kappa shape index (κ1) is 21.2. The van der Waals surface area contributed by atoms with Crippen LogP contribution in [0.5, 0.6) is 0 Å². The normalized spacial score (nSPS) is 16.5. The van der Waals surface area contributed by atoms with E-state index in [2.05, 4.69) is 44.6 Å². The molecular weight excluding hydrogens is 410 g/mol. The van der Waals surface area contributed by atoms with Crippen LogP contribution in [-0.4, -0.2) is 37.6 Å². The lowest BCUT2D eigenvalue weighted by molar-refractivity contribution is 0.564. The predicted octanol–water partition coefficient (Wildman–Crippen LogP) is 4.49. The molecular formula is C24H28ClN5O. The van der Waals surface area contributed by atoms with E-state index in [1.807, 2.05) is 36.4 Å². The van der Waals surface area contributed by atoms with Crippen molar-refractivity contribution in [3.8, 4) is 11.5 Å². The van der Waals surface area contributed by atoms with E-state index >= 15 is 0 Å². The Bertz CT molecular complexity index is 1030. The molecule has 1 fully saturated rings. The van der Waals surface area contributed by atoms with E-state index < -0.39 is 0 Å². The number of rotatable bonds is 6. The van der Waals surface area contributed by atoms with E-state index in [9.17, 15) is 0 Å². The van der Waals surface area contributed by atoms with Crippen LogP contribution in [0, 0.1) is 12.8 Å². The second-order valence-electron chi connectivity index (χ2n) is 7.85. The SMILES string of the molecule is CN=C(NCc1coc(-c2ccccc2)n1)NCC1CCN(c2cc(Cl)ccc2C)C1. The van der Waals surface area contributed by atoms with Crippen LogP contribution >= 0.6 is 11.6 Å². The van der Waals surface area contributed by atoms with Gasteiger partial charge < -0.3 is 20.0 Å². The fourth-order valence-corrected chi connectivity index (χ4v) is 4.05. The molecule has 1 aromatic heterocycles. The van der Waals surface area contributed by atoms with E-state index in [0.29, 0.717) is 18.4 Å². The summed E-state index contributed by atoms with van der Waals surface area (Å²) in [5.41, 5.74) is 4.30. The molecule has 0 aliphatic carbocycles. The van der Waals surface area contributed by atoms with Crippen LogP contribution in [0.4, 0.5) is 5.69 Å². The lowest BCUT2D eigenvalue weighted by atomic mass is 10.1. The van der Waals surface area contributed by atoms with Gasteiger partial charge in [0.05, 0.1) is 12.2 Å². The van der Waals surface area contributed by atoms with Crippen LogP contribution in [0.15, 0.2) is 64.2 Å². The monoisotopic (exact) mass is 437 g/mol. The molecule has 2 N–H and O–H groups in total. The number of hydrogen-bond donors (Lipinski definition) is 2. The van der Waals surface area contributed by atoms with Crippen molar-refractivity contribution in [1.82, 2.24) is 15.6 Å². The van der Waals surface area contributed by atoms with Gasteiger partial charge in [0.1, 0.15) is 6.26 Å². The third-order valence-electron chi connectivity index (χ3n) is 5.59. The van der Waals surface area contributed by atoms with E-state index in [4.69, 9.17) is 16.0 Å². The highest BCUT2D eigenvalue weighted by Gasteiger charge is 2.24. The summed E-state index contributed by atoms with van der Waals surface area (Å²) in [6.45, 7) is 5.60. The zero-order chi connectivity index (χ0) is 21.6. The molecule has 1 aliphatic heterocycles. The fourth-order valence-electron chi connectivity index (χ4n) is 3.88. The summed E-state index contributed by atoms with van der Waals surface area (Å²) in [4.78, 5) is 11.3. The van der Waals surface area contributed by atoms with Gasteiger partial charge in [-0.15, -0.1) is 0 Å². The van der Waals surface area contributed by atoms with Crippen LogP contribution in [0.2, 0.25) is 5.02 Å². The third-order valence-corrected chi connectivity index (χ3v) is 5.82. The van der Waals surface area contributed by atoms with Crippen molar-refractivity contribution in [3.63, 3.8) is 0 Å². The number of halogens is 1. The van der Waals surface area contributed by atoms with Gasteiger partial charge in [0.2, 0.25) is 5.89 Å². The minimum Gasteiger partial charge on any atom is -0.444 e. The standard InChI is InChI=1S/C24H28ClN5O/c1-17-8-9-20(25)12-22(17)30-11-10-18(15-30)13-27-24(26-2)28-14-21-16-31-23(29-21)19-6-4-3-5-7-19/h3-9,12,16,18H,10-11,13-15H2,1-2H3,(H2,26,27,28). The number of aliphatic imine (C=N–C) groups is 1. The van der Waals surface area contributed by atoms with Crippen molar-refractivity contribution in [3.05, 3.63) is 71.1 Å². The summed E-state index contributed by atoms with van der Waals surface area (Å²) >= 11 is 6.20. The lowest BCUT2D eigenvalue weighted by Gasteiger charge is -2.21. The van der Waals surface area contributed by atoms with E-state index in [0.717, 1.165) is 48.3 Å². The minimum atomic E-state index is 0.550. The summed E-state index contributed by atoms with van der Waals surface area (Å²) in [6.07, 6.45) is 2.82. The summed E-state index contributed by atoms with van der Waals surface area (Å²) in [6, 6.07) is 16.0. The van der Waals surface area contributed by atoms with Gasteiger partial charge in [-0.1, -0.05) is 35.9 Å². The number of oxazole rings is 1. The highest BCUT2D eigenvalue weighted by molar-refractivity contribution is 6.30. The Morgan fingerprint density at radius 1 is 1.23 bits per heavy atom. The number of hydrogen-bond acceptors (Lipinski definition) is 4. The molecule has 0 bridgehead atoms. The molecule has 0 amide bonds. The minimum absolute atomic E-state index is 0.550. The van der Waals surface area contributed by atoms with Gasteiger partial charge >= 0.3 is 0 Å². The number of nitrogens with one attached hydrogen (secondary N) is 2. The van der Waals surface area contributed by atoms with E-state index in [-0.39, 0.29) is 0 Å². The van der Waals surface area contributed by atoms with Gasteiger partial charge in [-0.3, -0.25) is 4.99 Å². The predicted molar refractivity (Wildman–Crippen MR) is 127 cm³/mol. The van der Waals surface area contributed by atoms with Crippen LogP contribution in [0.3, 0.4) is 0 Å². The average molecular weight is 438 g/mol. The highest BCUT2D eigenvalue weighted by Crippen LogP contribution is 2.29. The van der Waals surface area contributed by atoms with Gasteiger partial charge in [-0.05, 0) is 49.1 Å². The number of aromatic nitrogens is 1. The van der Waals surface area contributed by atoms with Gasteiger partial charge in [0.25, 0.3) is 0 Å². The zero-order valence-electron chi connectivity index (χ0n) is 17.9. The number of benzene rings is 2. The van der Waals surface area contributed by atoms with Crippen molar-refractivity contribution >= 4 is 23.2 Å².